The summed E-state index contributed by atoms with van der Waals surface area (Å²) in [4.78, 5) is 6.78. The minimum absolute atomic E-state index is 0.354. The van der Waals surface area contributed by atoms with Crippen molar-refractivity contribution in [3.05, 3.63) is 24.3 Å². The van der Waals surface area contributed by atoms with Crippen LogP contribution in [0, 0.1) is 0 Å². The van der Waals surface area contributed by atoms with E-state index >= 15 is 0 Å². The number of morpholine rings is 1. The van der Waals surface area contributed by atoms with Crippen molar-refractivity contribution in [1.29, 1.82) is 0 Å². The average molecular weight is 292 g/mol. The van der Waals surface area contributed by atoms with Crippen LogP contribution in [0.2, 0.25) is 0 Å². The van der Waals surface area contributed by atoms with Crippen LogP contribution in [0.1, 0.15) is 6.92 Å². The van der Waals surface area contributed by atoms with Crippen LogP contribution >= 0.6 is 0 Å². The Bertz CT molecular complexity index is 472. The van der Waals surface area contributed by atoms with E-state index in [0.29, 0.717) is 18.5 Å². The van der Waals surface area contributed by atoms with Crippen LogP contribution in [-0.4, -0.2) is 56.9 Å². The Hall–Kier alpha value is -1.79. The number of hydrogen-bond acceptors (Lipinski definition) is 4. The molecule has 1 fully saturated rings. The Morgan fingerprint density at radius 3 is 2.86 bits per heavy atom. The lowest BCUT2D eigenvalue weighted by Crippen LogP contribution is -2.43. The van der Waals surface area contributed by atoms with E-state index in [2.05, 4.69) is 22.1 Å². The molecule has 1 aromatic rings. The lowest BCUT2D eigenvalue weighted by molar-refractivity contribution is 0.0221. The van der Waals surface area contributed by atoms with Gasteiger partial charge in [0.25, 0.3) is 0 Å². The predicted molar refractivity (Wildman–Crippen MR) is 85.0 cm³/mol. The summed E-state index contributed by atoms with van der Waals surface area (Å²) in [6, 6.07) is 7.98. The number of para-hydroxylation sites is 2. The minimum Gasteiger partial charge on any atom is -0.495 e. The smallest absolute Gasteiger partial charge is 0.193 e. The molecule has 2 rings (SSSR count). The van der Waals surface area contributed by atoms with E-state index in [9.17, 15) is 0 Å². The maximum atomic E-state index is 5.95. The van der Waals surface area contributed by atoms with Gasteiger partial charge in [-0.2, -0.15) is 0 Å². The molecule has 1 aliphatic rings. The number of nitrogens with zero attached hydrogens (tertiary/aromatic N) is 2. The molecule has 1 aromatic carbocycles. The van der Waals surface area contributed by atoms with Gasteiger partial charge in [-0.25, -0.2) is 0 Å². The van der Waals surface area contributed by atoms with Crippen LogP contribution in [0.3, 0.4) is 0 Å². The second-order valence-electron chi connectivity index (χ2n) is 5.05. The summed E-state index contributed by atoms with van der Waals surface area (Å²) in [5.74, 6) is 1.15. The number of rotatable bonds is 5. The molecular weight excluding hydrogens is 268 g/mol. The van der Waals surface area contributed by atoms with Crippen LogP contribution in [0.4, 0.5) is 5.69 Å². The molecule has 6 heteroatoms. The summed E-state index contributed by atoms with van der Waals surface area (Å²) in [6.45, 7) is 6.32. The molecule has 3 N–H and O–H groups in total. The van der Waals surface area contributed by atoms with Gasteiger partial charge in [-0.05, 0) is 19.1 Å². The number of nitrogens with two attached hydrogens (primary N) is 1. The van der Waals surface area contributed by atoms with Gasteiger partial charge in [-0.3, -0.25) is 9.89 Å². The molecule has 6 nitrogen and oxygen atoms in total. The van der Waals surface area contributed by atoms with Crippen LogP contribution < -0.4 is 15.8 Å². The third kappa shape index (κ3) is 4.61. The van der Waals surface area contributed by atoms with Crippen molar-refractivity contribution in [2.24, 2.45) is 10.7 Å². The largest absolute Gasteiger partial charge is 0.495 e. The molecule has 0 aliphatic carbocycles. The van der Waals surface area contributed by atoms with Crippen LogP contribution in [0.15, 0.2) is 29.3 Å². The van der Waals surface area contributed by atoms with E-state index in [0.717, 1.165) is 37.7 Å². The second kappa shape index (κ2) is 7.85. The Kier molecular flexibility index (Phi) is 5.83. The molecule has 1 heterocycles. The molecule has 1 atom stereocenters. The average Bonchev–Trinajstić information content (AvgIpc) is 2.54. The van der Waals surface area contributed by atoms with E-state index in [1.165, 1.54) is 0 Å². The van der Waals surface area contributed by atoms with Crippen LogP contribution in [0.25, 0.3) is 0 Å². The van der Waals surface area contributed by atoms with Crippen molar-refractivity contribution in [3.8, 4) is 5.75 Å². The van der Waals surface area contributed by atoms with Gasteiger partial charge in [0.05, 0.1) is 32.6 Å². The van der Waals surface area contributed by atoms with Crippen molar-refractivity contribution in [2.45, 2.75) is 13.0 Å². The van der Waals surface area contributed by atoms with E-state index < -0.39 is 0 Å². The topological polar surface area (TPSA) is 72.1 Å². The lowest BCUT2D eigenvalue weighted by atomic mass is 10.2. The monoisotopic (exact) mass is 292 g/mol. The number of guanidine groups is 1. The highest BCUT2D eigenvalue weighted by atomic mass is 16.5. The molecule has 0 aromatic heterocycles. The van der Waals surface area contributed by atoms with Crippen molar-refractivity contribution in [3.63, 3.8) is 0 Å². The molecule has 1 aliphatic heterocycles. The first kappa shape index (κ1) is 15.6. The standard InChI is InChI=1S/C15H24N4O2/c1-12(19-7-9-21-10-8-19)11-17-15(16)18-13-5-3-4-6-14(13)20-2/h3-6,12H,7-11H2,1-2H3,(H3,16,17,18). The van der Waals surface area contributed by atoms with E-state index in [-0.39, 0.29) is 0 Å². The summed E-state index contributed by atoms with van der Waals surface area (Å²) >= 11 is 0. The van der Waals surface area contributed by atoms with Crippen molar-refractivity contribution in [2.75, 3.05) is 45.3 Å². The third-order valence-corrected chi connectivity index (χ3v) is 3.56. The number of nitrogens with one attached hydrogen (secondary N) is 1. The van der Waals surface area contributed by atoms with Gasteiger partial charge < -0.3 is 20.5 Å². The predicted octanol–water partition coefficient (Wildman–Crippen LogP) is 1.14. The normalized spacial score (nSPS) is 18.3. The molecule has 1 unspecified atom stereocenters. The maximum Gasteiger partial charge on any atom is 0.193 e. The van der Waals surface area contributed by atoms with Gasteiger partial charge in [-0.15, -0.1) is 0 Å². The zero-order chi connectivity index (χ0) is 15.1. The Morgan fingerprint density at radius 1 is 1.43 bits per heavy atom. The third-order valence-electron chi connectivity index (χ3n) is 3.56. The van der Waals surface area contributed by atoms with E-state index in [1.54, 1.807) is 7.11 Å². The quantitative estimate of drug-likeness (QED) is 0.629. The zero-order valence-corrected chi connectivity index (χ0v) is 12.7. The van der Waals surface area contributed by atoms with Crippen LogP contribution in [-0.2, 0) is 4.74 Å². The number of anilines is 1. The second-order valence-corrected chi connectivity index (χ2v) is 5.05. The SMILES string of the molecule is COc1ccccc1NC(N)=NCC(C)N1CCOCC1. The number of methoxy groups -OCH3 is 1. The molecule has 0 radical (unpaired) electrons. The van der Waals surface area contributed by atoms with Gasteiger partial charge in [0.2, 0.25) is 0 Å². The Morgan fingerprint density at radius 2 is 2.14 bits per heavy atom. The Balaban J connectivity index is 1.88. The molecule has 0 saturated carbocycles. The first-order valence-electron chi connectivity index (χ1n) is 7.22. The van der Waals surface area contributed by atoms with Gasteiger partial charge in [0.15, 0.2) is 5.96 Å². The van der Waals surface area contributed by atoms with E-state index in [1.807, 2.05) is 24.3 Å². The fourth-order valence-electron chi connectivity index (χ4n) is 2.29. The molecule has 1 saturated heterocycles. The molecule has 0 spiro atoms. The molecule has 0 amide bonds. The number of aliphatic imine (C=N–C) groups is 1. The lowest BCUT2D eigenvalue weighted by Gasteiger charge is -2.31. The summed E-state index contributed by atoms with van der Waals surface area (Å²) in [6.07, 6.45) is 0. The van der Waals surface area contributed by atoms with Gasteiger partial charge in [0, 0.05) is 19.1 Å². The first-order chi connectivity index (χ1) is 10.2. The molecular formula is C15H24N4O2. The fourth-order valence-corrected chi connectivity index (χ4v) is 2.29. The molecule has 21 heavy (non-hydrogen) atoms. The summed E-state index contributed by atoms with van der Waals surface area (Å²) < 4.78 is 10.6. The summed E-state index contributed by atoms with van der Waals surface area (Å²) in [7, 11) is 1.63. The number of ether oxygens (including phenoxy) is 2. The van der Waals surface area contributed by atoms with Gasteiger partial charge in [0.1, 0.15) is 5.75 Å². The summed E-state index contributed by atoms with van der Waals surface area (Å²) in [5, 5.41) is 3.08. The first-order valence-corrected chi connectivity index (χ1v) is 7.22. The maximum absolute atomic E-state index is 5.95. The molecule has 0 bridgehead atoms. The highest BCUT2D eigenvalue weighted by Gasteiger charge is 2.16. The minimum atomic E-state index is 0.354. The number of hydrogen-bond donors (Lipinski definition) is 2. The van der Waals surface area contributed by atoms with Crippen molar-refractivity contribution in [1.82, 2.24) is 4.90 Å². The van der Waals surface area contributed by atoms with Crippen molar-refractivity contribution >= 4 is 11.6 Å². The highest BCUT2D eigenvalue weighted by molar-refractivity contribution is 5.93. The Labute approximate surface area is 125 Å². The highest BCUT2D eigenvalue weighted by Crippen LogP contribution is 2.22. The molecule has 116 valence electrons. The van der Waals surface area contributed by atoms with Gasteiger partial charge in [-0.1, -0.05) is 12.1 Å². The zero-order valence-electron chi connectivity index (χ0n) is 12.7. The fraction of sp³-hybridized carbons (Fsp3) is 0.533. The van der Waals surface area contributed by atoms with Gasteiger partial charge >= 0.3 is 0 Å². The number of benzene rings is 1. The van der Waals surface area contributed by atoms with Crippen LogP contribution in [0.5, 0.6) is 5.75 Å². The van der Waals surface area contributed by atoms with E-state index in [4.69, 9.17) is 15.2 Å². The summed E-state index contributed by atoms with van der Waals surface area (Å²) in [5.41, 5.74) is 6.77. The van der Waals surface area contributed by atoms with Crippen molar-refractivity contribution < 1.29 is 9.47 Å².